The number of hydrogen-bond donors (Lipinski definition) is 2. The second kappa shape index (κ2) is 8.25. The lowest BCUT2D eigenvalue weighted by Gasteiger charge is -2.24. The van der Waals surface area contributed by atoms with Crippen LogP contribution in [0.2, 0.25) is 0 Å². The lowest BCUT2D eigenvalue weighted by Crippen LogP contribution is -2.41. The first-order chi connectivity index (χ1) is 12.5. The molecule has 7 heteroatoms. The third-order valence-corrected chi connectivity index (χ3v) is 4.09. The van der Waals surface area contributed by atoms with E-state index in [9.17, 15) is 18.7 Å². The van der Waals surface area contributed by atoms with Crippen LogP contribution in [0, 0.1) is 11.6 Å². The summed E-state index contributed by atoms with van der Waals surface area (Å²) in [6.07, 6.45) is -2.06. The molecule has 2 N–H and O–H groups in total. The van der Waals surface area contributed by atoms with Crippen LogP contribution >= 0.6 is 0 Å². The number of nitrogens with one attached hydrogen (secondary N) is 1. The Morgan fingerprint density at radius 1 is 1.27 bits per heavy atom. The van der Waals surface area contributed by atoms with E-state index < -0.39 is 29.9 Å². The molecule has 1 heterocycles. The van der Waals surface area contributed by atoms with Gasteiger partial charge in [0.15, 0.2) is 0 Å². The van der Waals surface area contributed by atoms with Gasteiger partial charge in [0, 0.05) is 5.56 Å². The largest absolute Gasteiger partial charge is 0.445 e. The predicted molar refractivity (Wildman–Crippen MR) is 89.2 cm³/mol. The molecule has 0 spiro atoms. The van der Waals surface area contributed by atoms with Gasteiger partial charge >= 0.3 is 6.09 Å². The van der Waals surface area contributed by atoms with E-state index in [1.807, 2.05) is 18.2 Å². The van der Waals surface area contributed by atoms with Gasteiger partial charge in [-0.3, -0.25) is 0 Å². The zero-order chi connectivity index (χ0) is 18.5. The molecule has 1 amide bonds. The van der Waals surface area contributed by atoms with Crippen molar-refractivity contribution >= 4 is 6.09 Å². The number of epoxide rings is 1. The molecule has 1 aliphatic heterocycles. The van der Waals surface area contributed by atoms with E-state index in [1.165, 1.54) is 0 Å². The summed E-state index contributed by atoms with van der Waals surface area (Å²) in [6, 6.07) is 11.0. The molecule has 0 saturated carbocycles. The molecule has 26 heavy (non-hydrogen) atoms. The van der Waals surface area contributed by atoms with Crippen molar-refractivity contribution in [2.45, 2.75) is 31.3 Å². The molecule has 1 saturated heterocycles. The standard InChI is InChI=1S/C19H19F2NO4/c20-13-6-7-16(21)15(8-13)18(23)17(9-14-11-25-14)22-19(24)26-10-12-4-2-1-3-5-12/h1-8,14,17-18,23H,9-11H2,(H,22,24)/t14-,17-,18+/m0/s1. The number of rotatable bonds is 7. The zero-order valence-electron chi connectivity index (χ0n) is 13.9. The van der Waals surface area contributed by atoms with Gasteiger partial charge in [-0.05, 0) is 30.2 Å². The van der Waals surface area contributed by atoms with Crippen LogP contribution in [0.15, 0.2) is 48.5 Å². The number of benzene rings is 2. The lowest BCUT2D eigenvalue weighted by atomic mass is 9.98. The van der Waals surface area contributed by atoms with Crippen molar-refractivity contribution < 1.29 is 28.2 Å². The maximum Gasteiger partial charge on any atom is 0.407 e. The Morgan fingerprint density at radius 3 is 2.69 bits per heavy atom. The normalized spacial score (nSPS) is 18.0. The van der Waals surface area contributed by atoms with Crippen LogP contribution < -0.4 is 5.32 Å². The van der Waals surface area contributed by atoms with Gasteiger partial charge in [-0.25, -0.2) is 13.6 Å². The smallest absolute Gasteiger partial charge is 0.407 e. The monoisotopic (exact) mass is 363 g/mol. The molecule has 5 nitrogen and oxygen atoms in total. The van der Waals surface area contributed by atoms with E-state index >= 15 is 0 Å². The van der Waals surface area contributed by atoms with E-state index in [1.54, 1.807) is 12.1 Å². The molecular weight excluding hydrogens is 344 g/mol. The SMILES string of the molecule is O=C(N[C@@H](C[C@H]1CO1)[C@H](O)c1cc(F)ccc1F)OCc1ccccc1. The van der Waals surface area contributed by atoms with Gasteiger partial charge < -0.3 is 19.9 Å². The lowest BCUT2D eigenvalue weighted by molar-refractivity contribution is 0.0936. The minimum Gasteiger partial charge on any atom is -0.445 e. The van der Waals surface area contributed by atoms with Crippen molar-refractivity contribution in [1.82, 2.24) is 5.32 Å². The fraction of sp³-hybridized carbons (Fsp3) is 0.316. The Morgan fingerprint density at radius 2 is 2.00 bits per heavy atom. The highest BCUT2D eigenvalue weighted by Crippen LogP contribution is 2.27. The molecule has 0 unspecified atom stereocenters. The van der Waals surface area contributed by atoms with Crippen LogP contribution in [0.4, 0.5) is 13.6 Å². The Balaban J connectivity index is 1.65. The summed E-state index contributed by atoms with van der Waals surface area (Å²) >= 11 is 0. The van der Waals surface area contributed by atoms with E-state index in [4.69, 9.17) is 9.47 Å². The van der Waals surface area contributed by atoms with Crippen LogP contribution in [0.3, 0.4) is 0 Å². The minimum absolute atomic E-state index is 0.0593. The van der Waals surface area contributed by atoms with Crippen molar-refractivity contribution in [2.75, 3.05) is 6.61 Å². The van der Waals surface area contributed by atoms with E-state index in [-0.39, 0.29) is 24.7 Å². The van der Waals surface area contributed by atoms with Gasteiger partial charge in [0.2, 0.25) is 0 Å². The number of amides is 1. The second-order valence-electron chi connectivity index (χ2n) is 6.11. The number of carbonyl (C=O) groups is 1. The van der Waals surface area contributed by atoms with Gasteiger partial charge in [-0.1, -0.05) is 30.3 Å². The summed E-state index contributed by atoms with van der Waals surface area (Å²) in [6.45, 7) is 0.555. The number of carbonyl (C=O) groups excluding carboxylic acids is 1. The third-order valence-electron chi connectivity index (χ3n) is 4.09. The molecule has 2 aromatic rings. The van der Waals surface area contributed by atoms with Crippen molar-refractivity contribution in [2.24, 2.45) is 0 Å². The molecule has 1 aliphatic rings. The average Bonchev–Trinajstić information content (AvgIpc) is 3.46. The quantitative estimate of drug-likeness (QED) is 0.742. The van der Waals surface area contributed by atoms with Crippen molar-refractivity contribution in [1.29, 1.82) is 0 Å². The number of aliphatic hydroxyl groups is 1. The van der Waals surface area contributed by atoms with Crippen LogP contribution in [0.25, 0.3) is 0 Å². The van der Waals surface area contributed by atoms with Crippen LogP contribution in [0.1, 0.15) is 23.7 Å². The highest BCUT2D eigenvalue weighted by atomic mass is 19.1. The first kappa shape index (κ1) is 18.3. The summed E-state index contributed by atoms with van der Waals surface area (Å²) in [5.74, 6) is -1.42. The van der Waals surface area contributed by atoms with Crippen molar-refractivity contribution in [3.8, 4) is 0 Å². The number of ether oxygens (including phenoxy) is 2. The molecule has 1 fully saturated rings. The Hall–Kier alpha value is -2.51. The molecule has 3 atom stereocenters. The molecule has 0 radical (unpaired) electrons. The first-order valence-electron chi connectivity index (χ1n) is 8.25. The number of halogens is 2. The first-order valence-corrected chi connectivity index (χ1v) is 8.25. The van der Waals surface area contributed by atoms with Crippen molar-refractivity contribution in [3.63, 3.8) is 0 Å². The summed E-state index contributed by atoms with van der Waals surface area (Å²) in [4.78, 5) is 12.1. The van der Waals surface area contributed by atoms with Crippen LogP contribution in [-0.4, -0.2) is 30.0 Å². The Bertz CT molecular complexity index is 752. The van der Waals surface area contributed by atoms with Gasteiger partial charge in [0.1, 0.15) is 24.3 Å². The van der Waals surface area contributed by atoms with E-state index in [0.717, 1.165) is 23.8 Å². The van der Waals surface area contributed by atoms with E-state index in [2.05, 4.69) is 5.32 Å². The number of aliphatic hydroxyl groups excluding tert-OH is 1. The Kier molecular flexibility index (Phi) is 5.80. The minimum atomic E-state index is -1.43. The molecule has 2 aromatic carbocycles. The fourth-order valence-electron chi connectivity index (χ4n) is 2.63. The molecule has 0 aliphatic carbocycles. The predicted octanol–water partition coefficient (Wildman–Crippen LogP) is 3.08. The van der Waals surface area contributed by atoms with Crippen LogP contribution in [-0.2, 0) is 16.1 Å². The summed E-state index contributed by atoms with van der Waals surface area (Å²) in [7, 11) is 0. The van der Waals surface area contributed by atoms with Gasteiger partial charge in [0.05, 0.1) is 18.8 Å². The number of hydrogen-bond acceptors (Lipinski definition) is 4. The Labute approximate surface area is 149 Å². The zero-order valence-corrected chi connectivity index (χ0v) is 13.9. The van der Waals surface area contributed by atoms with Crippen LogP contribution in [0.5, 0.6) is 0 Å². The fourth-order valence-corrected chi connectivity index (χ4v) is 2.63. The topological polar surface area (TPSA) is 71.1 Å². The summed E-state index contributed by atoms with van der Waals surface area (Å²) in [5.41, 5.74) is 0.584. The van der Waals surface area contributed by atoms with Gasteiger partial charge in [-0.2, -0.15) is 0 Å². The van der Waals surface area contributed by atoms with Gasteiger partial charge in [-0.15, -0.1) is 0 Å². The van der Waals surface area contributed by atoms with Crippen molar-refractivity contribution in [3.05, 3.63) is 71.3 Å². The average molecular weight is 363 g/mol. The summed E-state index contributed by atoms with van der Waals surface area (Å²) in [5, 5.41) is 13.0. The second-order valence-corrected chi connectivity index (χ2v) is 6.11. The molecule has 3 rings (SSSR count). The van der Waals surface area contributed by atoms with Gasteiger partial charge in [0.25, 0.3) is 0 Å². The highest BCUT2D eigenvalue weighted by Gasteiger charge is 2.33. The summed E-state index contributed by atoms with van der Waals surface area (Å²) < 4.78 is 37.6. The maximum absolute atomic E-state index is 13.9. The molecular formula is C19H19F2NO4. The molecule has 0 aromatic heterocycles. The van der Waals surface area contributed by atoms with E-state index in [0.29, 0.717) is 6.61 Å². The third kappa shape index (κ3) is 5.00. The maximum atomic E-state index is 13.9. The number of alkyl carbamates (subject to hydrolysis) is 1. The molecule has 138 valence electrons. The molecule has 0 bridgehead atoms. The highest BCUT2D eigenvalue weighted by molar-refractivity contribution is 5.67.